The lowest BCUT2D eigenvalue weighted by Crippen LogP contribution is -2.21. The molecule has 1 aliphatic rings. The third-order valence-corrected chi connectivity index (χ3v) is 9.41. The SMILES string of the molecule is C[PH+]1CCCC[P+](C)(O)CCC1.O=S(=O)([O-])C(F)(F)F.O=S(=O)([O-])C(F)(F)F. The largest absolute Gasteiger partial charge is 0.741 e. The molecule has 0 aromatic heterocycles. The van der Waals surface area contributed by atoms with Gasteiger partial charge in [-0.15, -0.1) is 0 Å². The van der Waals surface area contributed by atoms with Crippen LogP contribution in [0.25, 0.3) is 0 Å². The quantitative estimate of drug-likeness (QED) is 0.231. The summed E-state index contributed by atoms with van der Waals surface area (Å²) in [5.41, 5.74) is -11.3. The molecule has 0 saturated carbocycles. The van der Waals surface area contributed by atoms with Crippen LogP contribution in [0.5, 0.6) is 0 Å². The second-order valence-corrected chi connectivity index (χ2v) is 15.3. The van der Waals surface area contributed by atoms with Gasteiger partial charge >= 0.3 is 11.0 Å². The Kier molecular flexibility index (Phi) is 12.6. The first-order valence-corrected chi connectivity index (χ1v) is 15.3. The second kappa shape index (κ2) is 11.6. The number of hydrogen-bond donors (Lipinski definition) is 1. The highest BCUT2D eigenvalue weighted by atomic mass is 32.2. The first-order valence-electron chi connectivity index (χ1n) is 7.53. The van der Waals surface area contributed by atoms with Crippen molar-refractivity contribution in [3.05, 3.63) is 0 Å². The minimum absolute atomic E-state index is 0.0179. The molecule has 0 aliphatic carbocycles. The molecule has 1 rings (SSSR count). The second-order valence-electron chi connectivity index (χ2n) is 6.10. The van der Waals surface area contributed by atoms with E-state index in [1.807, 2.05) is 0 Å². The van der Waals surface area contributed by atoms with Gasteiger partial charge in [-0.2, -0.15) is 26.3 Å². The highest BCUT2D eigenvalue weighted by Gasteiger charge is 2.37. The van der Waals surface area contributed by atoms with Crippen LogP contribution in [0.1, 0.15) is 19.3 Å². The Hall–Kier alpha value is 0.220. The fourth-order valence-electron chi connectivity index (χ4n) is 1.84. The molecule has 0 aromatic carbocycles. The minimum atomic E-state index is -6.09. The van der Waals surface area contributed by atoms with Crippen LogP contribution < -0.4 is 0 Å². The Morgan fingerprint density at radius 2 is 1.11 bits per heavy atom. The number of halogens is 6. The van der Waals surface area contributed by atoms with Crippen molar-refractivity contribution in [1.82, 2.24) is 0 Å². The molecule has 28 heavy (non-hydrogen) atoms. The maximum atomic E-state index is 10.7. The molecule has 1 aliphatic heterocycles. The van der Waals surface area contributed by atoms with E-state index in [0.717, 1.165) is 12.3 Å². The van der Waals surface area contributed by atoms with Gasteiger partial charge in [0.25, 0.3) is 0 Å². The van der Waals surface area contributed by atoms with Gasteiger partial charge in [0.1, 0.15) is 7.49 Å². The Labute approximate surface area is 161 Å². The standard InChI is InChI=1S/C9H21OP2.2CHF3O3S/c1-11-6-3-4-8-12(2,10)9-5-7-11;2*2-1(3,4)8(5,6)7/h10H,3-9H2,1-2H3;2*(H,5,6,7)/q+1;;/p-1. The van der Waals surface area contributed by atoms with E-state index in [1.165, 1.54) is 31.6 Å². The van der Waals surface area contributed by atoms with Crippen molar-refractivity contribution in [3.8, 4) is 0 Å². The molecule has 0 radical (unpaired) electrons. The van der Waals surface area contributed by atoms with Crippen molar-refractivity contribution in [3.63, 3.8) is 0 Å². The van der Waals surface area contributed by atoms with Gasteiger partial charge in [-0.05, 0) is 20.8 Å². The topological polar surface area (TPSA) is 135 Å². The van der Waals surface area contributed by atoms with Crippen molar-refractivity contribution in [2.75, 3.05) is 38.0 Å². The van der Waals surface area contributed by atoms with Gasteiger partial charge in [0.2, 0.25) is 0 Å². The molecule has 2 atom stereocenters. The van der Waals surface area contributed by atoms with E-state index in [1.54, 1.807) is 0 Å². The molecule has 1 heterocycles. The summed E-state index contributed by atoms with van der Waals surface area (Å²) in [5.74, 6) is 0. The molecule has 7 nitrogen and oxygen atoms in total. The third kappa shape index (κ3) is 15.1. The first-order chi connectivity index (χ1) is 12.1. The molecule has 17 heteroatoms. The van der Waals surface area contributed by atoms with E-state index in [-0.39, 0.29) is 7.92 Å². The lowest BCUT2D eigenvalue weighted by molar-refractivity contribution is -0.0522. The zero-order valence-electron chi connectivity index (χ0n) is 14.9. The Morgan fingerprint density at radius 3 is 1.43 bits per heavy atom. The highest BCUT2D eigenvalue weighted by Crippen LogP contribution is 2.53. The summed E-state index contributed by atoms with van der Waals surface area (Å²) in [6.07, 6.45) is 9.12. The molecule has 0 spiro atoms. The van der Waals surface area contributed by atoms with Gasteiger partial charge in [0.15, 0.2) is 20.2 Å². The molecular weight excluding hydrogens is 484 g/mol. The van der Waals surface area contributed by atoms with E-state index in [4.69, 9.17) is 25.9 Å². The van der Waals surface area contributed by atoms with Crippen molar-refractivity contribution < 1.29 is 57.2 Å². The molecule has 2 unspecified atom stereocenters. The van der Waals surface area contributed by atoms with Crippen LogP contribution in [-0.2, 0) is 20.2 Å². The van der Waals surface area contributed by atoms with Crippen molar-refractivity contribution in [1.29, 1.82) is 0 Å². The van der Waals surface area contributed by atoms with E-state index < -0.39 is 38.7 Å². The van der Waals surface area contributed by atoms with Crippen LogP contribution in [0.2, 0.25) is 0 Å². The van der Waals surface area contributed by atoms with Crippen molar-refractivity contribution in [2.24, 2.45) is 0 Å². The van der Waals surface area contributed by atoms with Gasteiger partial charge < -0.3 is 9.11 Å². The lowest BCUT2D eigenvalue weighted by Gasteiger charge is -2.12. The normalized spacial score (nSPS) is 25.0. The van der Waals surface area contributed by atoms with Crippen LogP contribution in [-0.4, -0.2) is 79.8 Å². The van der Waals surface area contributed by atoms with E-state index in [2.05, 4.69) is 13.3 Å². The van der Waals surface area contributed by atoms with E-state index >= 15 is 0 Å². The van der Waals surface area contributed by atoms with Crippen LogP contribution in [0, 0.1) is 0 Å². The smallest absolute Gasteiger partial charge is 0.485 e. The van der Waals surface area contributed by atoms with Crippen LogP contribution in [0.4, 0.5) is 26.3 Å². The van der Waals surface area contributed by atoms with Gasteiger partial charge in [0.05, 0.1) is 31.3 Å². The number of rotatable bonds is 0. The van der Waals surface area contributed by atoms with Crippen molar-refractivity contribution in [2.45, 2.75) is 30.3 Å². The van der Waals surface area contributed by atoms with Gasteiger partial charge in [-0.25, -0.2) is 16.8 Å². The van der Waals surface area contributed by atoms with E-state index in [0.29, 0.717) is 0 Å². The zero-order valence-corrected chi connectivity index (χ0v) is 18.4. The Morgan fingerprint density at radius 1 is 0.821 bits per heavy atom. The van der Waals surface area contributed by atoms with Crippen LogP contribution in [0.3, 0.4) is 0 Å². The predicted octanol–water partition coefficient (Wildman–Crippen LogP) is 2.67. The summed E-state index contributed by atoms with van der Waals surface area (Å²) in [5, 5.41) is 0. The molecule has 0 amide bonds. The zero-order chi connectivity index (χ0) is 23.0. The first kappa shape index (κ1) is 30.4. The Balaban J connectivity index is 0. The van der Waals surface area contributed by atoms with Gasteiger partial charge in [-0.3, -0.25) is 4.89 Å². The fraction of sp³-hybridized carbons (Fsp3) is 1.00. The monoisotopic (exact) mass is 506 g/mol. The average molecular weight is 506 g/mol. The maximum absolute atomic E-state index is 10.7. The molecule has 1 N–H and O–H groups in total. The molecule has 0 aromatic rings. The molecule has 1 fully saturated rings. The molecule has 0 bridgehead atoms. The Bertz CT molecular complexity index is 620. The summed E-state index contributed by atoms with van der Waals surface area (Å²) >= 11 is 0. The van der Waals surface area contributed by atoms with Crippen LogP contribution >= 0.6 is 15.4 Å². The van der Waals surface area contributed by atoms with Gasteiger partial charge in [0, 0.05) is 13.1 Å². The summed E-state index contributed by atoms with van der Waals surface area (Å²) in [4.78, 5) is 10.0. The van der Waals surface area contributed by atoms with E-state index in [9.17, 15) is 31.2 Å². The number of hydrogen-bond acceptors (Lipinski definition) is 7. The highest BCUT2D eigenvalue weighted by molar-refractivity contribution is 7.86. The van der Waals surface area contributed by atoms with Gasteiger partial charge in [-0.1, -0.05) is 0 Å². The lowest BCUT2D eigenvalue weighted by atomic mass is 10.4. The predicted molar refractivity (Wildman–Crippen MR) is 94.1 cm³/mol. The maximum Gasteiger partial charge on any atom is 0.485 e. The van der Waals surface area contributed by atoms with Crippen molar-refractivity contribution >= 4 is 35.6 Å². The summed E-state index contributed by atoms with van der Waals surface area (Å²) in [7, 11) is -13.6. The number of alkyl halides is 6. The molecule has 1 saturated heterocycles. The molecule has 172 valence electrons. The fourth-order valence-corrected chi connectivity index (χ4v) is 5.99. The average Bonchev–Trinajstić information content (AvgIpc) is 2.46. The summed E-state index contributed by atoms with van der Waals surface area (Å²) in [6, 6.07) is 0. The minimum Gasteiger partial charge on any atom is -0.741 e. The van der Waals surface area contributed by atoms with Crippen LogP contribution in [0.15, 0.2) is 0 Å². The summed E-state index contributed by atoms with van der Waals surface area (Å²) in [6.45, 7) is 4.56. The third-order valence-electron chi connectivity index (χ3n) is 3.30. The summed E-state index contributed by atoms with van der Waals surface area (Å²) < 4.78 is 118. The molecular formula is C11H22F6O7P2S2.